The lowest BCUT2D eigenvalue weighted by Crippen LogP contribution is -2.28. The summed E-state index contributed by atoms with van der Waals surface area (Å²) in [6.07, 6.45) is 10.0. The third kappa shape index (κ3) is 5.26. The molecule has 0 aliphatic carbocycles. The van der Waals surface area contributed by atoms with Crippen molar-refractivity contribution in [2.75, 3.05) is 6.54 Å². The van der Waals surface area contributed by atoms with Gasteiger partial charge in [-0.1, -0.05) is 20.3 Å². The maximum atomic E-state index is 4.04. The first-order valence-corrected chi connectivity index (χ1v) is 6.49. The molecule has 0 aliphatic rings. The van der Waals surface area contributed by atoms with Crippen LogP contribution < -0.4 is 5.32 Å². The average Bonchev–Trinajstić information content (AvgIpc) is 2.31. The molecule has 1 N–H and O–H groups in total. The molecule has 1 rings (SSSR count). The molecule has 1 unspecified atom stereocenters. The fraction of sp³-hybridized carbons (Fsp3) is 0.643. The number of hydrogen-bond donors (Lipinski definition) is 1. The van der Waals surface area contributed by atoms with E-state index >= 15 is 0 Å². The molecule has 90 valence electrons. The minimum Gasteiger partial charge on any atom is -0.314 e. The van der Waals surface area contributed by atoms with Crippen LogP contribution in [-0.4, -0.2) is 17.6 Å². The molecule has 16 heavy (non-hydrogen) atoms. The second kappa shape index (κ2) is 8.28. The third-order valence-corrected chi connectivity index (χ3v) is 2.90. The lowest BCUT2D eigenvalue weighted by atomic mass is 10.0. The molecule has 0 saturated carbocycles. The highest BCUT2D eigenvalue weighted by molar-refractivity contribution is 5.09. The van der Waals surface area contributed by atoms with Crippen molar-refractivity contribution in [2.24, 2.45) is 0 Å². The molecule has 0 spiro atoms. The number of nitrogens with zero attached hydrogens (tertiary/aromatic N) is 1. The van der Waals surface area contributed by atoms with Gasteiger partial charge in [-0.2, -0.15) is 0 Å². The predicted octanol–water partition coefficient (Wildman–Crippen LogP) is 3.18. The van der Waals surface area contributed by atoms with Gasteiger partial charge in [-0.3, -0.25) is 4.98 Å². The number of rotatable bonds is 8. The van der Waals surface area contributed by atoms with Gasteiger partial charge in [0.1, 0.15) is 0 Å². The Hall–Kier alpha value is -0.890. The summed E-state index contributed by atoms with van der Waals surface area (Å²) in [6.45, 7) is 5.53. The summed E-state index contributed by atoms with van der Waals surface area (Å²) in [4.78, 5) is 4.04. The lowest BCUT2D eigenvalue weighted by molar-refractivity contribution is 0.447. The maximum absolute atomic E-state index is 4.04. The van der Waals surface area contributed by atoms with Gasteiger partial charge in [0.25, 0.3) is 0 Å². The maximum Gasteiger partial charge on any atom is 0.0270 e. The summed E-state index contributed by atoms with van der Waals surface area (Å²) in [7, 11) is 0. The van der Waals surface area contributed by atoms with E-state index in [1.807, 2.05) is 12.4 Å². The van der Waals surface area contributed by atoms with Crippen LogP contribution in [0.4, 0.5) is 0 Å². The van der Waals surface area contributed by atoms with Gasteiger partial charge in [0, 0.05) is 18.4 Å². The zero-order valence-electron chi connectivity index (χ0n) is 10.6. The highest BCUT2D eigenvalue weighted by Crippen LogP contribution is 2.09. The Kier molecular flexibility index (Phi) is 6.82. The van der Waals surface area contributed by atoms with E-state index < -0.39 is 0 Å². The molecule has 1 aromatic rings. The SMILES string of the molecule is CCCC(CCCc1ccncc1)NCC. The molecule has 1 heterocycles. The van der Waals surface area contributed by atoms with E-state index in [9.17, 15) is 0 Å². The molecule has 1 atom stereocenters. The van der Waals surface area contributed by atoms with Gasteiger partial charge in [-0.25, -0.2) is 0 Å². The van der Waals surface area contributed by atoms with Gasteiger partial charge in [-0.05, 0) is 49.9 Å². The first kappa shape index (κ1) is 13.2. The van der Waals surface area contributed by atoms with Crippen molar-refractivity contribution >= 4 is 0 Å². The number of nitrogens with one attached hydrogen (secondary N) is 1. The largest absolute Gasteiger partial charge is 0.314 e. The van der Waals surface area contributed by atoms with E-state index in [-0.39, 0.29) is 0 Å². The summed E-state index contributed by atoms with van der Waals surface area (Å²) < 4.78 is 0. The Morgan fingerprint density at radius 2 is 1.94 bits per heavy atom. The first-order chi connectivity index (χ1) is 7.86. The van der Waals surface area contributed by atoms with Gasteiger partial charge in [0.15, 0.2) is 0 Å². The molecule has 2 heteroatoms. The summed E-state index contributed by atoms with van der Waals surface area (Å²) in [5.74, 6) is 0. The van der Waals surface area contributed by atoms with E-state index in [0.717, 1.165) is 6.54 Å². The molecule has 1 aromatic heterocycles. The minimum absolute atomic E-state index is 0.705. The van der Waals surface area contributed by atoms with Crippen LogP contribution in [0, 0.1) is 0 Å². The molecule has 2 nitrogen and oxygen atoms in total. The van der Waals surface area contributed by atoms with Crippen LogP contribution in [-0.2, 0) is 6.42 Å². The second-order valence-corrected chi connectivity index (χ2v) is 4.29. The summed E-state index contributed by atoms with van der Waals surface area (Å²) in [5, 5.41) is 3.56. The van der Waals surface area contributed by atoms with Gasteiger partial charge < -0.3 is 5.32 Å². The zero-order valence-corrected chi connectivity index (χ0v) is 10.6. The van der Waals surface area contributed by atoms with E-state index in [4.69, 9.17) is 0 Å². The van der Waals surface area contributed by atoms with Crippen molar-refractivity contribution in [3.63, 3.8) is 0 Å². The molecule has 0 bridgehead atoms. The lowest BCUT2D eigenvalue weighted by Gasteiger charge is -2.16. The molecule has 0 aromatic carbocycles. The molecule has 0 aliphatic heterocycles. The van der Waals surface area contributed by atoms with Gasteiger partial charge in [0.05, 0.1) is 0 Å². The van der Waals surface area contributed by atoms with Gasteiger partial charge >= 0.3 is 0 Å². The smallest absolute Gasteiger partial charge is 0.0270 e. The molecular formula is C14H24N2. The van der Waals surface area contributed by atoms with Crippen LogP contribution >= 0.6 is 0 Å². The van der Waals surface area contributed by atoms with Crippen LogP contribution in [0.25, 0.3) is 0 Å². The van der Waals surface area contributed by atoms with Crippen LogP contribution in [0.3, 0.4) is 0 Å². The summed E-state index contributed by atoms with van der Waals surface area (Å²) >= 11 is 0. The molecule has 0 saturated heterocycles. The molecule has 0 radical (unpaired) electrons. The second-order valence-electron chi connectivity index (χ2n) is 4.29. The Morgan fingerprint density at radius 3 is 2.56 bits per heavy atom. The van der Waals surface area contributed by atoms with E-state index in [1.54, 1.807) is 0 Å². The van der Waals surface area contributed by atoms with Gasteiger partial charge in [-0.15, -0.1) is 0 Å². The van der Waals surface area contributed by atoms with Crippen LogP contribution in [0.2, 0.25) is 0 Å². The number of hydrogen-bond acceptors (Lipinski definition) is 2. The zero-order chi connectivity index (χ0) is 11.6. The standard InChI is InChI=1S/C14H24N2/c1-3-6-14(16-4-2)8-5-7-13-9-11-15-12-10-13/h9-12,14,16H,3-8H2,1-2H3. The summed E-state index contributed by atoms with van der Waals surface area (Å²) in [5.41, 5.74) is 1.40. The Labute approximate surface area is 99.5 Å². The van der Waals surface area contributed by atoms with Crippen LogP contribution in [0.1, 0.15) is 45.1 Å². The Bertz CT molecular complexity index is 253. The highest BCUT2D eigenvalue weighted by Gasteiger charge is 2.05. The highest BCUT2D eigenvalue weighted by atomic mass is 14.9. The number of aryl methyl sites for hydroxylation is 1. The Morgan fingerprint density at radius 1 is 1.19 bits per heavy atom. The summed E-state index contributed by atoms with van der Waals surface area (Å²) in [6, 6.07) is 4.93. The fourth-order valence-electron chi connectivity index (χ4n) is 2.09. The van der Waals surface area contributed by atoms with Crippen molar-refractivity contribution < 1.29 is 0 Å². The van der Waals surface area contributed by atoms with Crippen molar-refractivity contribution in [1.82, 2.24) is 10.3 Å². The number of aromatic nitrogens is 1. The van der Waals surface area contributed by atoms with Crippen molar-refractivity contribution in [2.45, 2.75) is 52.0 Å². The Balaban J connectivity index is 2.22. The minimum atomic E-state index is 0.705. The van der Waals surface area contributed by atoms with E-state index in [0.29, 0.717) is 6.04 Å². The molecule has 0 fully saturated rings. The van der Waals surface area contributed by atoms with Crippen LogP contribution in [0.5, 0.6) is 0 Å². The quantitative estimate of drug-likeness (QED) is 0.728. The van der Waals surface area contributed by atoms with E-state index in [2.05, 4.69) is 36.3 Å². The normalized spacial score (nSPS) is 12.6. The predicted molar refractivity (Wildman–Crippen MR) is 69.5 cm³/mol. The average molecular weight is 220 g/mol. The van der Waals surface area contributed by atoms with Crippen molar-refractivity contribution in [1.29, 1.82) is 0 Å². The van der Waals surface area contributed by atoms with E-state index in [1.165, 1.54) is 37.7 Å². The van der Waals surface area contributed by atoms with Crippen molar-refractivity contribution in [3.8, 4) is 0 Å². The third-order valence-electron chi connectivity index (χ3n) is 2.90. The number of pyridine rings is 1. The van der Waals surface area contributed by atoms with Crippen LogP contribution in [0.15, 0.2) is 24.5 Å². The molecule has 0 amide bonds. The fourth-order valence-corrected chi connectivity index (χ4v) is 2.09. The first-order valence-electron chi connectivity index (χ1n) is 6.49. The topological polar surface area (TPSA) is 24.9 Å². The van der Waals surface area contributed by atoms with Gasteiger partial charge in [0.2, 0.25) is 0 Å². The van der Waals surface area contributed by atoms with Crippen molar-refractivity contribution in [3.05, 3.63) is 30.1 Å². The molecular weight excluding hydrogens is 196 g/mol. The monoisotopic (exact) mass is 220 g/mol.